The summed E-state index contributed by atoms with van der Waals surface area (Å²) in [5, 5.41) is 11.6. The van der Waals surface area contributed by atoms with Crippen LogP contribution in [-0.4, -0.2) is 21.4 Å². The zero-order valence-corrected chi connectivity index (χ0v) is 11.0. The average molecular weight is 316 g/mol. The van der Waals surface area contributed by atoms with Crippen molar-refractivity contribution in [2.24, 2.45) is 0 Å². The number of nitrogens with zero attached hydrogens (tertiary/aromatic N) is 2. The molecule has 3 aromatic rings. The predicted octanol–water partition coefficient (Wildman–Crippen LogP) is 3.34. The molecule has 2 heterocycles. The highest BCUT2D eigenvalue weighted by Gasteiger charge is 2.34. The summed E-state index contributed by atoms with van der Waals surface area (Å²) in [5.74, 6) is -0.561. The van der Waals surface area contributed by atoms with Crippen molar-refractivity contribution >= 4 is 22.4 Å². The van der Waals surface area contributed by atoms with E-state index >= 15 is 0 Å². The molecule has 0 aliphatic carbocycles. The van der Waals surface area contributed by atoms with Gasteiger partial charge in [0.2, 0.25) is 0 Å². The topological polar surface area (TPSA) is 68.4 Å². The van der Waals surface area contributed by atoms with Gasteiger partial charge in [-0.3, -0.25) is 0 Å². The van der Waals surface area contributed by atoms with E-state index in [-0.39, 0.29) is 16.7 Å². The van der Waals surface area contributed by atoms with Crippen LogP contribution in [-0.2, 0) is 6.61 Å². The molecule has 0 atom stereocenters. The number of halogens is 3. The highest BCUT2D eigenvalue weighted by atomic mass is 32.1. The maximum absolute atomic E-state index is 12.5. The van der Waals surface area contributed by atoms with Crippen LogP contribution >= 0.6 is 11.3 Å². The Morgan fingerprint density at radius 3 is 2.76 bits per heavy atom. The van der Waals surface area contributed by atoms with Crippen LogP contribution in [0.1, 0.15) is 5.56 Å². The number of alkyl halides is 3. The molecule has 0 aliphatic heterocycles. The Morgan fingerprint density at radius 1 is 1.33 bits per heavy atom. The van der Waals surface area contributed by atoms with Gasteiger partial charge in [-0.1, -0.05) is 0 Å². The molecule has 1 aromatic carbocycles. The lowest BCUT2D eigenvalue weighted by Crippen LogP contribution is -2.18. The Hall–Kier alpha value is -2.13. The molecular weight excluding hydrogens is 309 g/mol. The van der Waals surface area contributed by atoms with Crippen molar-refractivity contribution in [3.8, 4) is 16.3 Å². The molecule has 2 aromatic heterocycles. The number of fused-ring (bicyclic) bond motifs is 1. The van der Waals surface area contributed by atoms with Crippen LogP contribution in [0, 0.1) is 0 Å². The Labute approximate surface area is 119 Å². The first kappa shape index (κ1) is 13.8. The van der Waals surface area contributed by atoms with Crippen LogP contribution in [0.2, 0.25) is 0 Å². The number of thiazole rings is 1. The third-order valence-electron chi connectivity index (χ3n) is 2.69. The number of aliphatic hydroxyl groups is 1. The average Bonchev–Trinajstić information content (AvgIpc) is 3.08. The summed E-state index contributed by atoms with van der Waals surface area (Å²) in [5.41, 5.74) is 0.431. The molecule has 0 unspecified atom stereocenters. The van der Waals surface area contributed by atoms with Crippen LogP contribution in [0.5, 0.6) is 5.75 Å². The smallest absolute Gasteiger partial charge is 0.443 e. The standard InChI is InChI=1S/C12H7F3N2O3S/c13-12(14,15)20-9-6(4-18)3-7(11-16-1-2-21-11)10-8(9)17-5-19-10/h1-3,5,18H,4H2. The zero-order chi connectivity index (χ0) is 15.0. The van der Waals surface area contributed by atoms with Crippen LogP contribution in [0.4, 0.5) is 13.2 Å². The number of hydrogen-bond donors (Lipinski definition) is 1. The zero-order valence-electron chi connectivity index (χ0n) is 10.2. The normalized spacial score (nSPS) is 12.0. The monoisotopic (exact) mass is 316 g/mol. The van der Waals surface area contributed by atoms with Gasteiger partial charge in [-0.05, 0) is 6.07 Å². The fourth-order valence-electron chi connectivity index (χ4n) is 1.92. The lowest BCUT2D eigenvalue weighted by atomic mass is 10.1. The van der Waals surface area contributed by atoms with Crippen LogP contribution in [0.15, 0.2) is 28.5 Å². The van der Waals surface area contributed by atoms with Crippen molar-refractivity contribution in [3.63, 3.8) is 0 Å². The van der Waals surface area contributed by atoms with Crippen molar-refractivity contribution in [1.82, 2.24) is 9.97 Å². The summed E-state index contributed by atoms with van der Waals surface area (Å²) in [7, 11) is 0. The highest BCUT2D eigenvalue weighted by Crippen LogP contribution is 2.39. The number of ether oxygens (including phenoxy) is 1. The lowest BCUT2D eigenvalue weighted by molar-refractivity contribution is -0.274. The van der Waals surface area contributed by atoms with E-state index in [1.165, 1.54) is 17.4 Å². The molecular formula is C12H7F3N2O3S. The fourth-order valence-corrected chi connectivity index (χ4v) is 2.57. The molecule has 1 N–H and O–H groups in total. The summed E-state index contributed by atoms with van der Waals surface area (Å²) in [6, 6.07) is 1.35. The van der Waals surface area contributed by atoms with Crippen LogP contribution in [0.25, 0.3) is 21.7 Å². The summed E-state index contributed by atoms with van der Waals surface area (Å²) >= 11 is 1.29. The van der Waals surface area contributed by atoms with Gasteiger partial charge in [0, 0.05) is 17.1 Å². The van der Waals surface area contributed by atoms with E-state index in [0.717, 1.165) is 6.39 Å². The third kappa shape index (κ3) is 2.57. The summed E-state index contributed by atoms with van der Waals surface area (Å²) in [4.78, 5) is 7.84. The van der Waals surface area contributed by atoms with Gasteiger partial charge in [0.1, 0.15) is 5.01 Å². The molecule has 0 radical (unpaired) electrons. The Kier molecular flexibility index (Phi) is 3.30. The molecule has 0 saturated heterocycles. The second kappa shape index (κ2) is 5.01. The summed E-state index contributed by atoms with van der Waals surface area (Å²) in [6.07, 6.45) is -2.31. The van der Waals surface area contributed by atoms with E-state index in [9.17, 15) is 18.3 Å². The Morgan fingerprint density at radius 2 is 2.14 bits per heavy atom. The molecule has 9 heteroatoms. The molecule has 21 heavy (non-hydrogen) atoms. The minimum atomic E-state index is -4.89. The number of rotatable bonds is 3. The maximum atomic E-state index is 12.5. The minimum Gasteiger partial charge on any atom is -0.443 e. The Balaban J connectivity index is 2.26. The molecule has 3 rings (SSSR count). The maximum Gasteiger partial charge on any atom is 0.573 e. The molecule has 0 saturated carbocycles. The fraction of sp³-hybridized carbons (Fsp3) is 0.167. The number of benzene rings is 1. The van der Waals surface area contributed by atoms with Crippen molar-refractivity contribution < 1.29 is 27.4 Å². The van der Waals surface area contributed by atoms with E-state index in [2.05, 4.69) is 14.7 Å². The van der Waals surface area contributed by atoms with Gasteiger partial charge in [0.15, 0.2) is 23.2 Å². The van der Waals surface area contributed by atoms with Gasteiger partial charge in [-0.15, -0.1) is 24.5 Å². The number of aromatic nitrogens is 2. The summed E-state index contributed by atoms with van der Waals surface area (Å²) in [6.45, 7) is -0.632. The van der Waals surface area contributed by atoms with E-state index in [1.807, 2.05) is 0 Å². The first-order valence-electron chi connectivity index (χ1n) is 5.65. The molecule has 0 fully saturated rings. The van der Waals surface area contributed by atoms with Gasteiger partial charge < -0.3 is 14.3 Å². The quantitative estimate of drug-likeness (QED) is 0.802. The molecule has 0 spiro atoms. The molecule has 0 aliphatic rings. The van der Waals surface area contributed by atoms with Gasteiger partial charge in [0.25, 0.3) is 0 Å². The van der Waals surface area contributed by atoms with E-state index in [0.29, 0.717) is 10.6 Å². The lowest BCUT2D eigenvalue weighted by Gasteiger charge is -2.13. The number of hydrogen-bond acceptors (Lipinski definition) is 6. The first-order valence-corrected chi connectivity index (χ1v) is 6.53. The largest absolute Gasteiger partial charge is 0.573 e. The SMILES string of the molecule is OCc1cc(-c2nccs2)c2ocnc2c1OC(F)(F)F. The number of aliphatic hydroxyl groups excluding tert-OH is 1. The van der Waals surface area contributed by atoms with Crippen LogP contribution < -0.4 is 4.74 Å². The van der Waals surface area contributed by atoms with Crippen molar-refractivity contribution in [3.05, 3.63) is 29.6 Å². The highest BCUT2D eigenvalue weighted by molar-refractivity contribution is 7.13. The van der Waals surface area contributed by atoms with E-state index in [1.54, 1.807) is 11.6 Å². The van der Waals surface area contributed by atoms with Crippen molar-refractivity contribution in [1.29, 1.82) is 0 Å². The Bertz CT molecular complexity index is 768. The molecule has 0 bridgehead atoms. The second-order valence-electron chi connectivity index (χ2n) is 3.99. The minimum absolute atomic E-state index is 0.0427. The van der Waals surface area contributed by atoms with Gasteiger partial charge in [-0.2, -0.15) is 0 Å². The molecule has 0 amide bonds. The van der Waals surface area contributed by atoms with Crippen LogP contribution in [0.3, 0.4) is 0 Å². The van der Waals surface area contributed by atoms with Crippen molar-refractivity contribution in [2.45, 2.75) is 13.0 Å². The summed E-state index contributed by atoms with van der Waals surface area (Å²) < 4.78 is 46.6. The van der Waals surface area contributed by atoms with E-state index in [4.69, 9.17) is 4.42 Å². The van der Waals surface area contributed by atoms with Crippen molar-refractivity contribution in [2.75, 3.05) is 0 Å². The molecule has 5 nitrogen and oxygen atoms in total. The third-order valence-corrected chi connectivity index (χ3v) is 3.49. The van der Waals surface area contributed by atoms with Gasteiger partial charge in [-0.25, -0.2) is 9.97 Å². The first-order chi connectivity index (χ1) is 9.99. The second-order valence-corrected chi connectivity index (χ2v) is 4.88. The predicted molar refractivity (Wildman–Crippen MR) is 67.7 cm³/mol. The molecule has 110 valence electrons. The number of oxazole rings is 1. The van der Waals surface area contributed by atoms with Gasteiger partial charge >= 0.3 is 6.36 Å². The van der Waals surface area contributed by atoms with E-state index < -0.39 is 18.7 Å². The van der Waals surface area contributed by atoms with Gasteiger partial charge in [0.05, 0.1) is 12.2 Å².